The van der Waals surface area contributed by atoms with Gasteiger partial charge in [-0.2, -0.15) is 0 Å². The molecule has 0 aliphatic carbocycles. The molecular weight excluding hydrogens is 338 g/mol. The first-order valence-corrected chi connectivity index (χ1v) is 8.58. The number of alkyl halides is 1. The number of halogens is 2. The normalized spacial score (nSPS) is 20.7. The molecule has 136 valence electrons. The molecule has 26 heavy (non-hydrogen) atoms. The third-order valence-corrected chi connectivity index (χ3v) is 4.83. The standard InChI is InChI=1S/C18H20F2N6/c1-25-16-4-2-3-15(20)17(16)24-18(25)23-8-14-5-13(19)10-26(14)9-12-6-21-11-22-7-12/h2-4,6-7,11,13-14H,5,8-10H2,1H3,(H,23,24)/t13-,14-/m0/s1. The topological polar surface area (TPSA) is 58.9 Å². The smallest absolute Gasteiger partial charge is 0.203 e. The van der Waals surface area contributed by atoms with E-state index in [9.17, 15) is 8.78 Å². The van der Waals surface area contributed by atoms with Gasteiger partial charge in [0.25, 0.3) is 0 Å². The maximum atomic E-state index is 14.0. The zero-order valence-electron chi connectivity index (χ0n) is 14.4. The Morgan fingerprint density at radius 3 is 2.85 bits per heavy atom. The highest BCUT2D eigenvalue weighted by atomic mass is 19.1. The Bertz CT molecular complexity index is 897. The predicted octanol–water partition coefficient (Wildman–Crippen LogP) is 2.53. The molecule has 1 aliphatic rings. The number of hydrogen-bond acceptors (Lipinski definition) is 5. The maximum Gasteiger partial charge on any atom is 0.203 e. The van der Waals surface area contributed by atoms with Crippen LogP contribution in [0.2, 0.25) is 0 Å². The number of likely N-dealkylation sites (tertiary alicyclic amines) is 1. The highest BCUT2D eigenvalue weighted by Gasteiger charge is 2.32. The third kappa shape index (κ3) is 3.24. The molecule has 0 amide bonds. The minimum Gasteiger partial charge on any atom is -0.354 e. The molecule has 3 aromatic rings. The van der Waals surface area contributed by atoms with Crippen molar-refractivity contribution in [2.75, 3.05) is 18.4 Å². The summed E-state index contributed by atoms with van der Waals surface area (Å²) in [6.45, 7) is 1.52. The van der Waals surface area contributed by atoms with Gasteiger partial charge in [-0.3, -0.25) is 4.90 Å². The lowest BCUT2D eigenvalue weighted by Gasteiger charge is -2.24. The number of nitrogens with zero attached hydrogens (tertiary/aromatic N) is 5. The summed E-state index contributed by atoms with van der Waals surface area (Å²) in [7, 11) is 1.84. The quantitative estimate of drug-likeness (QED) is 0.760. The van der Waals surface area contributed by atoms with E-state index in [4.69, 9.17) is 0 Å². The van der Waals surface area contributed by atoms with Crippen LogP contribution in [0.3, 0.4) is 0 Å². The molecule has 0 radical (unpaired) electrons. The van der Waals surface area contributed by atoms with Crippen LogP contribution in [0.5, 0.6) is 0 Å². The second-order valence-corrected chi connectivity index (χ2v) is 6.65. The first-order chi connectivity index (χ1) is 12.6. The average molecular weight is 358 g/mol. The fourth-order valence-corrected chi connectivity index (χ4v) is 3.52. The average Bonchev–Trinajstić information content (AvgIpc) is 3.15. The van der Waals surface area contributed by atoms with Crippen LogP contribution >= 0.6 is 0 Å². The van der Waals surface area contributed by atoms with Gasteiger partial charge in [-0.05, 0) is 18.6 Å². The van der Waals surface area contributed by atoms with Crippen LogP contribution in [0.15, 0.2) is 36.9 Å². The highest BCUT2D eigenvalue weighted by molar-refractivity contribution is 5.79. The highest BCUT2D eigenvalue weighted by Crippen LogP contribution is 2.24. The van der Waals surface area contributed by atoms with Crippen LogP contribution < -0.4 is 5.32 Å². The van der Waals surface area contributed by atoms with E-state index in [1.807, 2.05) is 17.7 Å². The van der Waals surface area contributed by atoms with Crippen molar-refractivity contribution in [1.29, 1.82) is 0 Å². The number of aryl methyl sites for hydroxylation is 1. The molecule has 1 fully saturated rings. The lowest BCUT2D eigenvalue weighted by molar-refractivity contribution is 0.241. The monoisotopic (exact) mass is 358 g/mol. The number of hydrogen-bond donors (Lipinski definition) is 1. The van der Waals surface area contributed by atoms with Gasteiger partial charge in [0.2, 0.25) is 5.95 Å². The summed E-state index contributed by atoms with van der Waals surface area (Å²) >= 11 is 0. The zero-order valence-corrected chi connectivity index (χ0v) is 14.4. The van der Waals surface area contributed by atoms with Crippen molar-refractivity contribution in [3.05, 3.63) is 48.3 Å². The molecule has 0 saturated carbocycles. The van der Waals surface area contributed by atoms with Crippen LogP contribution in [0.25, 0.3) is 11.0 Å². The van der Waals surface area contributed by atoms with Crippen LogP contribution in [0.4, 0.5) is 14.7 Å². The molecule has 1 aromatic carbocycles. The predicted molar refractivity (Wildman–Crippen MR) is 94.9 cm³/mol. The Morgan fingerprint density at radius 1 is 1.27 bits per heavy atom. The minimum atomic E-state index is -0.857. The number of nitrogens with one attached hydrogen (secondary N) is 1. The number of anilines is 1. The van der Waals surface area contributed by atoms with E-state index in [1.165, 1.54) is 12.4 Å². The molecule has 1 saturated heterocycles. The van der Waals surface area contributed by atoms with E-state index in [0.29, 0.717) is 37.5 Å². The number of rotatable bonds is 5. The molecule has 2 aromatic heterocycles. The molecule has 8 heteroatoms. The van der Waals surface area contributed by atoms with Crippen LogP contribution in [0.1, 0.15) is 12.0 Å². The van der Waals surface area contributed by atoms with E-state index in [-0.39, 0.29) is 11.9 Å². The summed E-state index contributed by atoms with van der Waals surface area (Å²) in [5.74, 6) is 0.233. The number of fused-ring (bicyclic) bond motifs is 1. The van der Waals surface area contributed by atoms with E-state index in [2.05, 4.69) is 25.2 Å². The van der Waals surface area contributed by atoms with Crippen molar-refractivity contribution in [1.82, 2.24) is 24.4 Å². The number of para-hydroxylation sites is 1. The van der Waals surface area contributed by atoms with Gasteiger partial charge in [0, 0.05) is 50.7 Å². The molecule has 0 spiro atoms. The summed E-state index contributed by atoms with van der Waals surface area (Å²) in [5.41, 5.74) is 2.02. The molecule has 1 N–H and O–H groups in total. The summed E-state index contributed by atoms with van der Waals surface area (Å²) in [4.78, 5) is 14.5. The first-order valence-electron chi connectivity index (χ1n) is 8.58. The summed E-state index contributed by atoms with van der Waals surface area (Å²) < 4.78 is 29.7. The van der Waals surface area contributed by atoms with Gasteiger partial charge in [0.15, 0.2) is 5.82 Å². The largest absolute Gasteiger partial charge is 0.354 e. The Morgan fingerprint density at radius 2 is 2.08 bits per heavy atom. The van der Waals surface area contributed by atoms with Crippen LogP contribution in [-0.4, -0.2) is 49.7 Å². The van der Waals surface area contributed by atoms with Crippen LogP contribution in [0, 0.1) is 5.82 Å². The van der Waals surface area contributed by atoms with E-state index < -0.39 is 6.17 Å². The Labute approximate surface area is 149 Å². The molecule has 1 aliphatic heterocycles. The number of aromatic nitrogens is 4. The van der Waals surface area contributed by atoms with Crippen molar-refractivity contribution < 1.29 is 8.78 Å². The Balaban J connectivity index is 1.48. The molecule has 2 atom stereocenters. The molecular formula is C18H20F2N6. The van der Waals surface area contributed by atoms with Gasteiger partial charge in [0.1, 0.15) is 18.0 Å². The summed E-state index contributed by atoms with van der Waals surface area (Å²) in [6, 6.07) is 4.91. The molecule has 4 rings (SSSR count). The van der Waals surface area contributed by atoms with Crippen molar-refractivity contribution in [2.24, 2.45) is 7.05 Å². The molecule has 0 bridgehead atoms. The summed E-state index contributed by atoms with van der Waals surface area (Å²) in [6.07, 6.45) is 4.58. The van der Waals surface area contributed by atoms with Gasteiger partial charge in [-0.1, -0.05) is 6.07 Å². The minimum absolute atomic E-state index is 0.0230. The lowest BCUT2D eigenvalue weighted by atomic mass is 10.2. The van der Waals surface area contributed by atoms with Crippen LogP contribution in [-0.2, 0) is 13.6 Å². The second kappa shape index (κ2) is 6.95. The van der Waals surface area contributed by atoms with Crippen molar-refractivity contribution in [2.45, 2.75) is 25.2 Å². The van der Waals surface area contributed by atoms with E-state index in [0.717, 1.165) is 11.1 Å². The van der Waals surface area contributed by atoms with Gasteiger partial charge in [-0.15, -0.1) is 0 Å². The third-order valence-electron chi connectivity index (χ3n) is 4.83. The van der Waals surface area contributed by atoms with E-state index in [1.54, 1.807) is 18.5 Å². The zero-order chi connectivity index (χ0) is 18.1. The first kappa shape index (κ1) is 16.8. The molecule has 3 heterocycles. The number of benzene rings is 1. The Kier molecular flexibility index (Phi) is 4.50. The fraction of sp³-hybridized carbons (Fsp3) is 0.389. The lowest BCUT2D eigenvalue weighted by Crippen LogP contribution is -2.35. The summed E-state index contributed by atoms with van der Waals surface area (Å²) in [5, 5.41) is 3.25. The molecule has 6 nitrogen and oxygen atoms in total. The van der Waals surface area contributed by atoms with Gasteiger partial charge in [0.05, 0.1) is 5.52 Å². The molecule has 0 unspecified atom stereocenters. The van der Waals surface area contributed by atoms with Gasteiger partial charge in [-0.25, -0.2) is 23.7 Å². The number of imidazole rings is 1. The second-order valence-electron chi connectivity index (χ2n) is 6.65. The fourth-order valence-electron chi connectivity index (χ4n) is 3.52. The van der Waals surface area contributed by atoms with Crippen molar-refractivity contribution in [3.8, 4) is 0 Å². The maximum absolute atomic E-state index is 14.0. The van der Waals surface area contributed by atoms with Gasteiger partial charge >= 0.3 is 0 Å². The van der Waals surface area contributed by atoms with Gasteiger partial charge < -0.3 is 9.88 Å². The Hall–Kier alpha value is -2.61. The van der Waals surface area contributed by atoms with Crippen molar-refractivity contribution in [3.63, 3.8) is 0 Å². The van der Waals surface area contributed by atoms with E-state index >= 15 is 0 Å². The SMILES string of the molecule is Cn1c(NC[C@@H]2C[C@H](F)CN2Cc2cncnc2)nc2c(F)cccc21. The van der Waals surface area contributed by atoms with Crippen molar-refractivity contribution >= 4 is 17.0 Å².